The Hall–Kier alpha value is -3.02. The van der Waals surface area contributed by atoms with Gasteiger partial charge in [0.15, 0.2) is 11.2 Å². The Morgan fingerprint density at radius 1 is 1.23 bits per heavy atom. The molecule has 4 rings (SSSR count). The SMILES string of the molecule is CCOC(=O)C1C(C)=NC2=C(C(=O)CC(C)(C)C2)[C@H]1c1coc2ccccc2c1=O. The molecule has 1 aliphatic carbocycles. The normalized spacial score (nSPS) is 23.2. The molecule has 0 saturated heterocycles. The summed E-state index contributed by atoms with van der Waals surface area (Å²) < 4.78 is 11.0. The Morgan fingerprint density at radius 2 is 1.97 bits per heavy atom. The molecule has 1 unspecified atom stereocenters. The minimum Gasteiger partial charge on any atom is -0.465 e. The molecule has 0 saturated carbocycles. The number of carbonyl (C=O) groups is 2. The number of ether oxygens (including phenoxy) is 1. The van der Waals surface area contributed by atoms with E-state index in [1.807, 2.05) is 13.8 Å². The van der Waals surface area contributed by atoms with Crippen LogP contribution in [0.25, 0.3) is 11.0 Å². The van der Waals surface area contributed by atoms with Crippen LogP contribution in [0.15, 0.2) is 56.0 Å². The number of esters is 1. The lowest BCUT2D eigenvalue weighted by Crippen LogP contribution is -2.41. The van der Waals surface area contributed by atoms with Gasteiger partial charge >= 0.3 is 5.97 Å². The highest BCUT2D eigenvalue weighted by Crippen LogP contribution is 2.47. The first-order chi connectivity index (χ1) is 14.2. The van der Waals surface area contributed by atoms with E-state index >= 15 is 0 Å². The summed E-state index contributed by atoms with van der Waals surface area (Å²) in [6, 6.07) is 6.96. The smallest absolute Gasteiger partial charge is 0.315 e. The zero-order chi connectivity index (χ0) is 21.6. The predicted octanol–water partition coefficient (Wildman–Crippen LogP) is 4.17. The molecule has 2 aliphatic rings. The maximum atomic E-state index is 13.4. The van der Waals surface area contributed by atoms with Crippen LogP contribution in [0.4, 0.5) is 0 Å². The van der Waals surface area contributed by atoms with Gasteiger partial charge in [0, 0.05) is 34.9 Å². The van der Waals surface area contributed by atoms with Crippen molar-refractivity contribution in [1.29, 1.82) is 0 Å². The van der Waals surface area contributed by atoms with Crippen LogP contribution in [0, 0.1) is 11.3 Å². The number of Topliss-reactive ketones (excluding diaryl/α,β-unsaturated/α-hetero) is 1. The maximum Gasteiger partial charge on any atom is 0.315 e. The van der Waals surface area contributed by atoms with Crippen LogP contribution in [0.1, 0.15) is 52.0 Å². The summed E-state index contributed by atoms with van der Waals surface area (Å²) in [6.07, 6.45) is 2.33. The number of hydrogen-bond donors (Lipinski definition) is 0. The van der Waals surface area contributed by atoms with Crippen molar-refractivity contribution in [3.8, 4) is 0 Å². The van der Waals surface area contributed by atoms with Crippen molar-refractivity contribution in [1.82, 2.24) is 0 Å². The largest absolute Gasteiger partial charge is 0.465 e. The number of benzene rings is 1. The number of ketones is 1. The molecule has 2 heterocycles. The molecule has 1 aromatic heterocycles. The third-order valence-electron chi connectivity index (χ3n) is 5.88. The van der Waals surface area contributed by atoms with E-state index in [0.29, 0.717) is 46.4 Å². The van der Waals surface area contributed by atoms with Gasteiger partial charge in [0.1, 0.15) is 11.5 Å². The van der Waals surface area contributed by atoms with Crippen LogP contribution >= 0.6 is 0 Å². The van der Waals surface area contributed by atoms with Crippen LogP contribution in [0.3, 0.4) is 0 Å². The van der Waals surface area contributed by atoms with Gasteiger partial charge in [-0.2, -0.15) is 0 Å². The number of carbonyl (C=O) groups excluding carboxylic acids is 2. The standard InChI is InChI=1S/C24H25NO5/c1-5-29-23(28)19-13(2)25-16-10-24(3,4)11-17(26)21(16)20(19)15-12-30-18-9-7-6-8-14(18)22(15)27/h6-9,12,19-20H,5,10-11H2,1-4H3/t19?,20-/m0/s1. The third-order valence-corrected chi connectivity index (χ3v) is 5.88. The van der Waals surface area contributed by atoms with E-state index in [1.165, 1.54) is 6.26 Å². The Morgan fingerprint density at radius 3 is 2.70 bits per heavy atom. The van der Waals surface area contributed by atoms with E-state index in [9.17, 15) is 14.4 Å². The van der Waals surface area contributed by atoms with Crippen molar-refractivity contribution in [2.75, 3.05) is 6.61 Å². The van der Waals surface area contributed by atoms with Gasteiger partial charge in [-0.15, -0.1) is 0 Å². The topological polar surface area (TPSA) is 85.9 Å². The number of para-hydroxylation sites is 1. The molecule has 1 aromatic carbocycles. The fourth-order valence-electron chi connectivity index (χ4n) is 4.63. The molecule has 0 bridgehead atoms. The molecule has 6 heteroatoms. The predicted molar refractivity (Wildman–Crippen MR) is 114 cm³/mol. The van der Waals surface area contributed by atoms with Crippen molar-refractivity contribution < 1.29 is 18.7 Å². The van der Waals surface area contributed by atoms with Gasteiger partial charge in [-0.25, -0.2) is 0 Å². The van der Waals surface area contributed by atoms with Gasteiger partial charge in [0.05, 0.1) is 18.3 Å². The zero-order valence-electron chi connectivity index (χ0n) is 17.7. The molecule has 0 N–H and O–H groups in total. The van der Waals surface area contributed by atoms with Crippen LogP contribution in [-0.4, -0.2) is 24.1 Å². The van der Waals surface area contributed by atoms with Gasteiger partial charge in [0.25, 0.3) is 0 Å². The monoisotopic (exact) mass is 407 g/mol. The van der Waals surface area contributed by atoms with Crippen LogP contribution in [0.5, 0.6) is 0 Å². The van der Waals surface area contributed by atoms with Crippen molar-refractivity contribution in [2.45, 2.75) is 46.5 Å². The molecule has 156 valence electrons. The van der Waals surface area contributed by atoms with Gasteiger partial charge in [-0.05, 0) is 37.8 Å². The van der Waals surface area contributed by atoms with Gasteiger partial charge in [0.2, 0.25) is 0 Å². The molecule has 2 aromatic rings. The Labute approximate surface area is 174 Å². The van der Waals surface area contributed by atoms with Crippen molar-refractivity contribution in [3.63, 3.8) is 0 Å². The Bertz CT molecular complexity index is 1170. The number of hydrogen-bond acceptors (Lipinski definition) is 6. The summed E-state index contributed by atoms with van der Waals surface area (Å²) in [5.74, 6) is -2.16. The molecule has 0 amide bonds. The molecule has 1 aliphatic heterocycles. The van der Waals surface area contributed by atoms with Crippen molar-refractivity contribution in [2.24, 2.45) is 16.3 Å². The van der Waals surface area contributed by atoms with Gasteiger partial charge in [-0.1, -0.05) is 26.0 Å². The second-order valence-electron chi connectivity index (χ2n) is 8.78. The van der Waals surface area contributed by atoms with E-state index in [-0.39, 0.29) is 23.2 Å². The molecule has 6 nitrogen and oxygen atoms in total. The van der Waals surface area contributed by atoms with Crippen LogP contribution in [-0.2, 0) is 14.3 Å². The number of rotatable bonds is 3. The fraction of sp³-hybridized carbons (Fsp3) is 0.417. The fourth-order valence-corrected chi connectivity index (χ4v) is 4.63. The molecular formula is C24H25NO5. The molecule has 2 atom stereocenters. The minimum atomic E-state index is -0.835. The lowest BCUT2D eigenvalue weighted by molar-refractivity contribution is -0.146. The summed E-state index contributed by atoms with van der Waals surface area (Å²) >= 11 is 0. The van der Waals surface area contributed by atoms with Crippen molar-refractivity contribution >= 4 is 28.4 Å². The number of nitrogens with zero attached hydrogens (tertiary/aromatic N) is 1. The zero-order valence-corrected chi connectivity index (χ0v) is 17.7. The highest BCUT2D eigenvalue weighted by Gasteiger charge is 2.47. The second kappa shape index (κ2) is 7.35. The Kier molecular flexibility index (Phi) is 4.96. The van der Waals surface area contributed by atoms with Gasteiger partial charge < -0.3 is 9.15 Å². The highest BCUT2D eigenvalue weighted by molar-refractivity contribution is 6.09. The second-order valence-corrected chi connectivity index (χ2v) is 8.78. The quantitative estimate of drug-likeness (QED) is 0.713. The van der Waals surface area contributed by atoms with E-state index < -0.39 is 17.8 Å². The van der Waals surface area contributed by atoms with E-state index in [0.717, 1.165) is 0 Å². The van der Waals surface area contributed by atoms with Crippen LogP contribution in [0.2, 0.25) is 0 Å². The first-order valence-electron chi connectivity index (χ1n) is 10.2. The maximum absolute atomic E-state index is 13.4. The number of fused-ring (bicyclic) bond motifs is 1. The number of allylic oxidation sites excluding steroid dienone is 2. The third kappa shape index (κ3) is 3.30. The average Bonchev–Trinajstić information content (AvgIpc) is 2.66. The lowest BCUT2D eigenvalue weighted by Gasteiger charge is -2.38. The molecule has 0 radical (unpaired) electrons. The first-order valence-corrected chi connectivity index (χ1v) is 10.2. The van der Waals surface area contributed by atoms with E-state index in [4.69, 9.17) is 9.15 Å². The first kappa shape index (κ1) is 20.3. The summed E-state index contributed by atoms with van der Waals surface area (Å²) in [5.41, 5.74) is 1.94. The average molecular weight is 407 g/mol. The minimum absolute atomic E-state index is 0.0793. The summed E-state index contributed by atoms with van der Waals surface area (Å²) in [7, 11) is 0. The highest BCUT2D eigenvalue weighted by atomic mass is 16.5. The Balaban J connectivity index is 1.97. The van der Waals surface area contributed by atoms with E-state index in [1.54, 1.807) is 38.1 Å². The molecule has 0 spiro atoms. The van der Waals surface area contributed by atoms with Gasteiger partial charge in [-0.3, -0.25) is 19.4 Å². The molecular weight excluding hydrogens is 382 g/mol. The summed E-state index contributed by atoms with van der Waals surface area (Å²) in [5, 5.41) is 0.420. The molecule has 0 fully saturated rings. The summed E-state index contributed by atoms with van der Waals surface area (Å²) in [4.78, 5) is 44.2. The molecule has 30 heavy (non-hydrogen) atoms. The van der Waals surface area contributed by atoms with Crippen LogP contribution < -0.4 is 5.43 Å². The van der Waals surface area contributed by atoms with Crippen molar-refractivity contribution in [3.05, 3.63) is 57.6 Å². The van der Waals surface area contributed by atoms with E-state index in [2.05, 4.69) is 4.99 Å². The number of aliphatic imine (C=N–C) groups is 1. The lowest BCUT2D eigenvalue weighted by atomic mass is 9.67. The summed E-state index contributed by atoms with van der Waals surface area (Å²) in [6.45, 7) is 7.74.